The van der Waals surface area contributed by atoms with Crippen LogP contribution < -0.4 is 11.1 Å². The normalized spacial score (nSPS) is 11.5. The third kappa shape index (κ3) is 5.42. The van der Waals surface area contributed by atoms with E-state index < -0.39 is 22.8 Å². The van der Waals surface area contributed by atoms with E-state index in [9.17, 15) is 19.7 Å². The number of hydrogen-bond donors (Lipinski definition) is 2. The van der Waals surface area contributed by atoms with E-state index in [1.54, 1.807) is 0 Å². The molecule has 0 unspecified atom stereocenters. The first kappa shape index (κ1) is 18.1. The van der Waals surface area contributed by atoms with Crippen LogP contribution in [0.3, 0.4) is 0 Å². The van der Waals surface area contributed by atoms with E-state index in [1.165, 1.54) is 18.2 Å². The molecule has 0 aliphatic carbocycles. The fourth-order valence-corrected chi connectivity index (χ4v) is 2.44. The highest BCUT2D eigenvalue weighted by Gasteiger charge is 2.19. The number of primary amides is 1. The summed E-state index contributed by atoms with van der Waals surface area (Å²) in [6, 6.07) is 14.3. The highest BCUT2D eigenvalue weighted by molar-refractivity contribution is 5.97. The molecule has 1 atom stereocenters. The van der Waals surface area contributed by atoms with Crippen molar-refractivity contribution in [2.24, 2.45) is 5.73 Å². The number of non-ortho nitro benzene ring substituents is 1. The molecule has 0 radical (unpaired) electrons. The van der Waals surface area contributed by atoms with Gasteiger partial charge in [0.2, 0.25) is 5.91 Å². The summed E-state index contributed by atoms with van der Waals surface area (Å²) in [4.78, 5) is 34.0. The van der Waals surface area contributed by atoms with Gasteiger partial charge in [-0.05, 0) is 30.9 Å². The van der Waals surface area contributed by atoms with Crippen molar-refractivity contribution in [3.8, 4) is 0 Å². The van der Waals surface area contributed by atoms with E-state index in [2.05, 4.69) is 5.32 Å². The van der Waals surface area contributed by atoms with Gasteiger partial charge in [0.1, 0.15) is 6.04 Å². The minimum atomic E-state index is -0.824. The molecule has 25 heavy (non-hydrogen) atoms. The fraction of sp³-hybridized carbons (Fsp3) is 0.222. The average molecular weight is 341 g/mol. The van der Waals surface area contributed by atoms with Gasteiger partial charge in [-0.25, -0.2) is 0 Å². The zero-order chi connectivity index (χ0) is 18.2. The predicted molar refractivity (Wildman–Crippen MR) is 92.9 cm³/mol. The maximum Gasteiger partial charge on any atom is 0.270 e. The van der Waals surface area contributed by atoms with Crippen LogP contribution in [0.1, 0.15) is 28.8 Å². The van der Waals surface area contributed by atoms with Gasteiger partial charge in [-0.2, -0.15) is 0 Å². The van der Waals surface area contributed by atoms with E-state index in [4.69, 9.17) is 5.73 Å². The summed E-state index contributed by atoms with van der Waals surface area (Å²) in [6.07, 6.45) is 1.83. The van der Waals surface area contributed by atoms with Gasteiger partial charge in [-0.15, -0.1) is 0 Å². The van der Waals surface area contributed by atoms with Crippen LogP contribution >= 0.6 is 0 Å². The molecular weight excluding hydrogens is 322 g/mol. The van der Waals surface area contributed by atoms with Crippen LogP contribution in [0.15, 0.2) is 54.6 Å². The number of benzene rings is 2. The SMILES string of the molecule is NC(=O)[C@H](CCCc1ccccc1)NC(=O)c1cccc([N+](=O)[O-])c1. The third-order valence-electron chi connectivity index (χ3n) is 3.77. The molecule has 0 aliphatic heterocycles. The van der Waals surface area contributed by atoms with E-state index in [0.717, 1.165) is 18.1 Å². The van der Waals surface area contributed by atoms with Crippen LogP contribution in [0.2, 0.25) is 0 Å². The largest absolute Gasteiger partial charge is 0.368 e. The van der Waals surface area contributed by atoms with Crippen LogP contribution in [0, 0.1) is 10.1 Å². The molecular formula is C18H19N3O4. The van der Waals surface area contributed by atoms with Crippen molar-refractivity contribution in [3.05, 3.63) is 75.8 Å². The molecule has 0 bridgehead atoms. The Morgan fingerprint density at radius 2 is 1.84 bits per heavy atom. The summed E-state index contributed by atoms with van der Waals surface area (Å²) >= 11 is 0. The number of aryl methyl sites for hydroxylation is 1. The number of carbonyl (C=O) groups excluding carboxylic acids is 2. The van der Waals surface area contributed by atoms with Gasteiger partial charge in [-0.3, -0.25) is 19.7 Å². The maximum absolute atomic E-state index is 12.2. The maximum atomic E-state index is 12.2. The summed E-state index contributed by atoms with van der Waals surface area (Å²) in [5.41, 5.74) is 6.42. The molecule has 3 N–H and O–H groups in total. The Hall–Kier alpha value is -3.22. The van der Waals surface area contributed by atoms with Gasteiger partial charge in [-0.1, -0.05) is 36.4 Å². The van der Waals surface area contributed by atoms with Crippen molar-refractivity contribution >= 4 is 17.5 Å². The Labute approximate surface area is 145 Å². The molecule has 0 fully saturated rings. The van der Waals surface area contributed by atoms with E-state index in [0.29, 0.717) is 12.8 Å². The summed E-state index contributed by atoms with van der Waals surface area (Å²) in [5, 5.41) is 13.3. The Kier molecular flexibility index (Phi) is 6.22. The van der Waals surface area contributed by atoms with Crippen molar-refractivity contribution in [1.82, 2.24) is 5.32 Å². The van der Waals surface area contributed by atoms with Crippen molar-refractivity contribution in [2.45, 2.75) is 25.3 Å². The average Bonchev–Trinajstić information content (AvgIpc) is 2.61. The lowest BCUT2D eigenvalue weighted by atomic mass is 10.0. The van der Waals surface area contributed by atoms with Crippen molar-refractivity contribution in [3.63, 3.8) is 0 Å². The van der Waals surface area contributed by atoms with Crippen LogP contribution in [0.4, 0.5) is 5.69 Å². The molecule has 0 saturated carbocycles. The fourth-order valence-electron chi connectivity index (χ4n) is 2.44. The lowest BCUT2D eigenvalue weighted by Gasteiger charge is -2.15. The number of rotatable bonds is 8. The quantitative estimate of drug-likeness (QED) is 0.565. The molecule has 0 spiro atoms. The molecule has 2 rings (SSSR count). The summed E-state index contributed by atoms with van der Waals surface area (Å²) in [5.74, 6) is -1.20. The summed E-state index contributed by atoms with van der Waals surface area (Å²) in [7, 11) is 0. The number of nitrogens with one attached hydrogen (secondary N) is 1. The second-order valence-corrected chi connectivity index (χ2v) is 5.61. The van der Waals surface area contributed by atoms with Gasteiger partial charge < -0.3 is 11.1 Å². The molecule has 0 heterocycles. The molecule has 7 heteroatoms. The predicted octanol–water partition coefficient (Wildman–Crippen LogP) is 2.20. The van der Waals surface area contributed by atoms with Crippen LogP contribution in [0.5, 0.6) is 0 Å². The summed E-state index contributed by atoms with van der Waals surface area (Å²) < 4.78 is 0. The Morgan fingerprint density at radius 1 is 1.12 bits per heavy atom. The number of carbonyl (C=O) groups is 2. The molecule has 0 saturated heterocycles. The van der Waals surface area contributed by atoms with Crippen molar-refractivity contribution < 1.29 is 14.5 Å². The number of nitrogens with zero attached hydrogens (tertiary/aromatic N) is 1. The topological polar surface area (TPSA) is 115 Å². The number of hydrogen-bond acceptors (Lipinski definition) is 4. The second-order valence-electron chi connectivity index (χ2n) is 5.61. The zero-order valence-electron chi connectivity index (χ0n) is 13.6. The van der Waals surface area contributed by atoms with E-state index in [1.807, 2.05) is 30.3 Å². The standard InChI is InChI=1S/C18H19N3O4/c19-17(22)16(11-4-8-13-6-2-1-3-7-13)20-18(23)14-9-5-10-15(12-14)21(24)25/h1-3,5-7,9-10,12,16H,4,8,11H2,(H2,19,22)(H,20,23)/t16-/m0/s1. The van der Waals surface area contributed by atoms with Crippen LogP contribution in [-0.4, -0.2) is 22.8 Å². The number of amides is 2. The number of nitro groups is 1. The van der Waals surface area contributed by atoms with Crippen LogP contribution in [0.25, 0.3) is 0 Å². The van der Waals surface area contributed by atoms with Gasteiger partial charge in [0.15, 0.2) is 0 Å². The minimum Gasteiger partial charge on any atom is -0.368 e. The van der Waals surface area contributed by atoms with Gasteiger partial charge in [0.25, 0.3) is 11.6 Å². The van der Waals surface area contributed by atoms with Gasteiger partial charge >= 0.3 is 0 Å². The van der Waals surface area contributed by atoms with E-state index in [-0.39, 0.29) is 11.3 Å². The first-order chi connectivity index (χ1) is 12.0. The van der Waals surface area contributed by atoms with Crippen LogP contribution in [-0.2, 0) is 11.2 Å². The van der Waals surface area contributed by atoms with E-state index >= 15 is 0 Å². The van der Waals surface area contributed by atoms with Gasteiger partial charge in [0.05, 0.1) is 4.92 Å². The Bertz CT molecular complexity index is 762. The number of nitrogens with two attached hydrogens (primary N) is 1. The first-order valence-corrected chi connectivity index (χ1v) is 7.86. The Balaban J connectivity index is 1.96. The second kappa shape index (κ2) is 8.58. The molecule has 7 nitrogen and oxygen atoms in total. The Morgan fingerprint density at radius 3 is 2.48 bits per heavy atom. The highest BCUT2D eigenvalue weighted by atomic mass is 16.6. The molecule has 130 valence electrons. The van der Waals surface area contributed by atoms with Gasteiger partial charge in [0, 0.05) is 17.7 Å². The lowest BCUT2D eigenvalue weighted by molar-refractivity contribution is -0.384. The molecule has 2 aromatic carbocycles. The lowest BCUT2D eigenvalue weighted by Crippen LogP contribution is -2.44. The monoisotopic (exact) mass is 341 g/mol. The number of nitro benzene ring substituents is 1. The summed E-state index contributed by atoms with van der Waals surface area (Å²) in [6.45, 7) is 0. The third-order valence-corrected chi connectivity index (χ3v) is 3.77. The molecule has 0 aliphatic rings. The highest BCUT2D eigenvalue weighted by Crippen LogP contribution is 2.13. The van der Waals surface area contributed by atoms with Crippen molar-refractivity contribution in [1.29, 1.82) is 0 Å². The van der Waals surface area contributed by atoms with Crippen molar-refractivity contribution in [2.75, 3.05) is 0 Å². The smallest absolute Gasteiger partial charge is 0.270 e. The molecule has 2 amide bonds. The molecule has 0 aromatic heterocycles. The zero-order valence-corrected chi connectivity index (χ0v) is 13.6. The first-order valence-electron chi connectivity index (χ1n) is 7.86. The molecule has 2 aromatic rings. The minimum absolute atomic E-state index is 0.114.